The fourth-order valence-electron chi connectivity index (χ4n) is 1.42. The Hall–Kier alpha value is -1.60. The third-order valence-corrected chi connectivity index (χ3v) is 3.01. The topological polar surface area (TPSA) is 41.6 Å². The number of nitrogens with zero attached hydrogens (tertiary/aromatic N) is 3. The average molecular weight is 217 g/mol. The summed E-state index contributed by atoms with van der Waals surface area (Å²) in [6.45, 7) is 2.61. The lowest BCUT2D eigenvalue weighted by Crippen LogP contribution is -2.05. The summed E-state index contributed by atoms with van der Waals surface area (Å²) in [4.78, 5) is 5.45. The molecular formula is C11H11N3S. The second-order valence-electron chi connectivity index (χ2n) is 3.41. The van der Waals surface area contributed by atoms with Gasteiger partial charge in [0.1, 0.15) is 5.82 Å². The number of imidazole rings is 1. The first-order chi connectivity index (χ1) is 7.31. The first kappa shape index (κ1) is 9.94. The molecule has 0 radical (unpaired) electrons. The molecule has 3 nitrogen and oxygen atoms in total. The molecular weight excluding hydrogens is 206 g/mol. The van der Waals surface area contributed by atoms with Gasteiger partial charge in [-0.25, -0.2) is 4.98 Å². The molecule has 0 saturated carbocycles. The molecule has 15 heavy (non-hydrogen) atoms. The van der Waals surface area contributed by atoms with Crippen LogP contribution in [0.2, 0.25) is 0 Å². The molecule has 0 saturated heterocycles. The summed E-state index contributed by atoms with van der Waals surface area (Å²) in [6, 6.07) is 6.28. The monoisotopic (exact) mass is 217 g/mol. The Morgan fingerprint density at radius 3 is 3.20 bits per heavy atom. The zero-order valence-electron chi connectivity index (χ0n) is 8.42. The normalized spacial score (nSPS) is 12.3. The minimum absolute atomic E-state index is 0.0120. The molecule has 4 heteroatoms. The van der Waals surface area contributed by atoms with E-state index in [9.17, 15) is 0 Å². The van der Waals surface area contributed by atoms with Crippen molar-refractivity contribution in [3.05, 3.63) is 29.9 Å². The lowest BCUT2D eigenvalue weighted by Gasteiger charge is -2.07. The van der Waals surface area contributed by atoms with Crippen LogP contribution in [0, 0.1) is 17.2 Å². The highest BCUT2D eigenvalue weighted by atomic mass is 32.1. The van der Waals surface area contributed by atoms with Crippen molar-refractivity contribution in [3.63, 3.8) is 0 Å². The molecule has 0 aliphatic rings. The Morgan fingerprint density at radius 2 is 2.53 bits per heavy atom. The molecule has 1 unspecified atom stereocenters. The van der Waals surface area contributed by atoms with Crippen molar-refractivity contribution < 1.29 is 0 Å². The van der Waals surface area contributed by atoms with Gasteiger partial charge < -0.3 is 4.57 Å². The van der Waals surface area contributed by atoms with Gasteiger partial charge in [0, 0.05) is 18.9 Å². The molecule has 2 rings (SSSR count). The van der Waals surface area contributed by atoms with E-state index in [0.717, 1.165) is 10.7 Å². The molecule has 2 aromatic rings. The van der Waals surface area contributed by atoms with Crippen molar-refractivity contribution in [1.29, 1.82) is 5.26 Å². The highest BCUT2D eigenvalue weighted by molar-refractivity contribution is 7.13. The van der Waals surface area contributed by atoms with E-state index in [1.807, 2.05) is 35.2 Å². The van der Waals surface area contributed by atoms with Crippen LogP contribution < -0.4 is 0 Å². The van der Waals surface area contributed by atoms with Gasteiger partial charge in [0.25, 0.3) is 0 Å². The maximum atomic E-state index is 8.77. The van der Waals surface area contributed by atoms with Gasteiger partial charge in [-0.05, 0) is 18.4 Å². The summed E-state index contributed by atoms with van der Waals surface area (Å²) in [5.41, 5.74) is 0. The van der Waals surface area contributed by atoms with Crippen LogP contribution in [-0.2, 0) is 6.54 Å². The van der Waals surface area contributed by atoms with Crippen LogP contribution >= 0.6 is 11.3 Å². The second kappa shape index (κ2) is 4.28. The second-order valence-corrected chi connectivity index (χ2v) is 4.36. The zero-order chi connectivity index (χ0) is 10.7. The molecule has 0 spiro atoms. The SMILES string of the molecule is CC(C#N)Cn1ccnc1-c1cccs1. The van der Waals surface area contributed by atoms with E-state index in [1.54, 1.807) is 17.5 Å². The lowest BCUT2D eigenvalue weighted by atomic mass is 10.2. The van der Waals surface area contributed by atoms with Crippen molar-refractivity contribution in [2.24, 2.45) is 5.92 Å². The average Bonchev–Trinajstić information content (AvgIpc) is 2.86. The van der Waals surface area contributed by atoms with Crippen molar-refractivity contribution in [2.75, 3.05) is 0 Å². The fraction of sp³-hybridized carbons (Fsp3) is 0.273. The van der Waals surface area contributed by atoms with Gasteiger partial charge in [-0.15, -0.1) is 11.3 Å². The number of rotatable bonds is 3. The zero-order valence-corrected chi connectivity index (χ0v) is 9.24. The minimum Gasteiger partial charge on any atom is -0.329 e. The van der Waals surface area contributed by atoms with Crippen molar-refractivity contribution >= 4 is 11.3 Å². The van der Waals surface area contributed by atoms with Crippen molar-refractivity contribution in [1.82, 2.24) is 9.55 Å². The maximum Gasteiger partial charge on any atom is 0.150 e. The number of aromatic nitrogens is 2. The number of thiophene rings is 1. The quantitative estimate of drug-likeness (QED) is 0.793. The number of hydrogen-bond donors (Lipinski definition) is 0. The van der Waals surface area contributed by atoms with Gasteiger partial charge in [0.2, 0.25) is 0 Å². The molecule has 0 aromatic carbocycles. The van der Waals surface area contributed by atoms with Gasteiger partial charge in [0.15, 0.2) is 0 Å². The summed E-state index contributed by atoms with van der Waals surface area (Å²) in [5.74, 6) is 0.963. The Labute approximate surface area is 92.6 Å². The van der Waals surface area contributed by atoms with Gasteiger partial charge >= 0.3 is 0 Å². The van der Waals surface area contributed by atoms with Gasteiger partial charge in [-0.2, -0.15) is 5.26 Å². The van der Waals surface area contributed by atoms with E-state index < -0.39 is 0 Å². The van der Waals surface area contributed by atoms with E-state index in [-0.39, 0.29) is 5.92 Å². The fourth-order valence-corrected chi connectivity index (χ4v) is 2.16. The molecule has 76 valence electrons. The smallest absolute Gasteiger partial charge is 0.150 e. The molecule has 2 heterocycles. The van der Waals surface area contributed by atoms with Crippen LogP contribution in [0.25, 0.3) is 10.7 Å². The largest absolute Gasteiger partial charge is 0.329 e. The maximum absolute atomic E-state index is 8.77. The standard InChI is InChI=1S/C11H11N3S/c1-9(7-12)8-14-5-4-13-11(14)10-3-2-6-15-10/h2-6,9H,8H2,1H3. The Kier molecular flexibility index (Phi) is 2.84. The van der Waals surface area contributed by atoms with E-state index in [4.69, 9.17) is 5.26 Å². The third-order valence-electron chi connectivity index (χ3n) is 2.15. The molecule has 0 aliphatic heterocycles. The Bertz CT molecular complexity index is 464. The predicted molar refractivity (Wildman–Crippen MR) is 60.3 cm³/mol. The molecule has 0 amide bonds. The highest BCUT2D eigenvalue weighted by Crippen LogP contribution is 2.23. The van der Waals surface area contributed by atoms with Crippen LogP contribution in [-0.4, -0.2) is 9.55 Å². The van der Waals surface area contributed by atoms with Gasteiger partial charge in [-0.3, -0.25) is 0 Å². The molecule has 0 bridgehead atoms. The van der Waals surface area contributed by atoms with Crippen LogP contribution in [0.5, 0.6) is 0 Å². The van der Waals surface area contributed by atoms with Gasteiger partial charge in [-0.1, -0.05) is 6.07 Å². The third kappa shape index (κ3) is 2.08. The molecule has 1 atom stereocenters. The number of hydrogen-bond acceptors (Lipinski definition) is 3. The summed E-state index contributed by atoms with van der Waals surface area (Å²) in [6.07, 6.45) is 3.70. The molecule has 2 aromatic heterocycles. The Balaban J connectivity index is 2.27. The van der Waals surface area contributed by atoms with Crippen molar-refractivity contribution in [2.45, 2.75) is 13.5 Å². The summed E-state index contributed by atoms with van der Waals surface area (Å²) >= 11 is 1.66. The van der Waals surface area contributed by atoms with Crippen LogP contribution in [0.1, 0.15) is 6.92 Å². The van der Waals surface area contributed by atoms with Crippen LogP contribution in [0.4, 0.5) is 0 Å². The minimum atomic E-state index is 0.0120. The molecule has 0 fully saturated rings. The summed E-state index contributed by atoms with van der Waals surface area (Å²) < 4.78 is 2.03. The summed E-state index contributed by atoms with van der Waals surface area (Å²) in [7, 11) is 0. The van der Waals surface area contributed by atoms with E-state index in [0.29, 0.717) is 6.54 Å². The molecule has 0 N–H and O–H groups in total. The first-order valence-corrected chi connectivity index (χ1v) is 5.64. The van der Waals surface area contributed by atoms with Gasteiger partial charge in [0.05, 0.1) is 16.9 Å². The summed E-state index contributed by atoms with van der Waals surface area (Å²) in [5, 5.41) is 10.8. The Morgan fingerprint density at radius 1 is 1.67 bits per heavy atom. The van der Waals surface area contributed by atoms with E-state index in [2.05, 4.69) is 11.1 Å². The number of nitriles is 1. The predicted octanol–water partition coefficient (Wildman–Crippen LogP) is 2.77. The van der Waals surface area contributed by atoms with Crippen LogP contribution in [0.15, 0.2) is 29.9 Å². The first-order valence-electron chi connectivity index (χ1n) is 4.76. The van der Waals surface area contributed by atoms with Crippen LogP contribution in [0.3, 0.4) is 0 Å². The van der Waals surface area contributed by atoms with Crippen molar-refractivity contribution in [3.8, 4) is 16.8 Å². The van der Waals surface area contributed by atoms with E-state index in [1.165, 1.54) is 0 Å². The van der Waals surface area contributed by atoms with E-state index >= 15 is 0 Å². The molecule has 0 aliphatic carbocycles. The highest BCUT2D eigenvalue weighted by Gasteiger charge is 2.08. The lowest BCUT2D eigenvalue weighted by molar-refractivity contribution is 0.585.